The van der Waals surface area contributed by atoms with Gasteiger partial charge in [-0.3, -0.25) is 13.9 Å². The first-order valence-electron chi connectivity index (χ1n) is 10.8. The predicted molar refractivity (Wildman–Crippen MR) is 126 cm³/mol. The highest BCUT2D eigenvalue weighted by Crippen LogP contribution is 2.27. The van der Waals surface area contributed by atoms with Gasteiger partial charge in [-0.15, -0.1) is 0 Å². The van der Waals surface area contributed by atoms with Crippen molar-refractivity contribution in [2.75, 3.05) is 0 Å². The minimum Gasteiger partial charge on any atom is -0.435 e. The third-order valence-corrected chi connectivity index (χ3v) is 6.85. The van der Waals surface area contributed by atoms with Crippen LogP contribution in [0, 0.1) is 5.82 Å². The molecule has 2 aromatic carbocycles. The van der Waals surface area contributed by atoms with E-state index in [1.165, 1.54) is 47.9 Å². The van der Waals surface area contributed by atoms with Gasteiger partial charge in [0.15, 0.2) is 0 Å². The van der Waals surface area contributed by atoms with Crippen LogP contribution in [0.1, 0.15) is 43.6 Å². The minimum absolute atomic E-state index is 0.0922. The lowest BCUT2D eigenvalue weighted by Gasteiger charge is -2.32. The number of aromatic nitrogens is 2. The van der Waals surface area contributed by atoms with Crippen molar-refractivity contribution in [2.24, 2.45) is 0 Å². The van der Waals surface area contributed by atoms with E-state index in [4.69, 9.17) is 0 Å². The minimum atomic E-state index is -3.75. The Labute approximate surface area is 204 Å². The molecule has 1 aliphatic heterocycles. The number of hydrogen-bond acceptors (Lipinski definition) is 5. The molecule has 0 spiro atoms. The van der Waals surface area contributed by atoms with Crippen LogP contribution < -0.4 is 20.5 Å². The van der Waals surface area contributed by atoms with Crippen LogP contribution in [0.4, 0.5) is 13.2 Å². The summed E-state index contributed by atoms with van der Waals surface area (Å²) in [6.45, 7) is 1.76. The molecule has 0 fully saturated rings. The molecule has 0 saturated carbocycles. The van der Waals surface area contributed by atoms with Crippen LogP contribution in [0.5, 0.6) is 5.75 Å². The summed E-state index contributed by atoms with van der Waals surface area (Å²) >= 11 is 0. The van der Waals surface area contributed by atoms with E-state index in [-0.39, 0.29) is 34.5 Å². The third kappa shape index (κ3) is 4.88. The third-order valence-electron chi connectivity index (χ3n) is 5.56. The summed E-state index contributed by atoms with van der Waals surface area (Å²) in [7, 11) is -3.75. The number of fused-ring (bicyclic) bond motifs is 1. The zero-order valence-electron chi connectivity index (χ0n) is 19.5. The van der Waals surface area contributed by atoms with Gasteiger partial charge in [-0.2, -0.15) is 13.5 Å². The standard InChI is InChI=1S/C23H23F3N4O5S/c1-13(2)29-18-11-14(20(31)27-23(3)8-5-9-36(33,34)28-23)10-17(24)19(18)30(22(29)32)15-6-4-7-16(12-15)35-21(25)26/h4-7,9-13,21,28H,8H2,1-3H3,(H,27,31)/t23-/m1/s1. The van der Waals surface area contributed by atoms with Crippen molar-refractivity contribution in [3.63, 3.8) is 0 Å². The van der Waals surface area contributed by atoms with Gasteiger partial charge < -0.3 is 10.1 Å². The van der Waals surface area contributed by atoms with E-state index in [1.54, 1.807) is 13.8 Å². The van der Waals surface area contributed by atoms with Crippen molar-refractivity contribution in [3.05, 3.63) is 69.7 Å². The monoisotopic (exact) mass is 524 g/mol. The van der Waals surface area contributed by atoms with E-state index < -0.39 is 45.8 Å². The van der Waals surface area contributed by atoms with Crippen molar-refractivity contribution in [1.29, 1.82) is 0 Å². The van der Waals surface area contributed by atoms with E-state index in [9.17, 15) is 26.8 Å². The molecule has 4 rings (SSSR count). The first-order valence-corrected chi connectivity index (χ1v) is 12.4. The number of imidazole rings is 1. The topological polar surface area (TPSA) is 111 Å². The summed E-state index contributed by atoms with van der Waals surface area (Å²) < 4.78 is 73.7. The van der Waals surface area contributed by atoms with Gasteiger partial charge >= 0.3 is 12.3 Å². The lowest BCUT2D eigenvalue weighted by molar-refractivity contribution is -0.0498. The first-order chi connectivity index (χ1) is 16.8. The maximum absolute atomic E-state index is 15.5. The molecule has 1 atom stereocenters. The SMILES string of the molecule is CC(C)n1c(=O)n(-c2cccc(OC(F)F)c2)c2c(F)cc(C(=O)N[C@@]3(C)CC=CS(=O)(=O)N3)cc21. The van der Waals surface area contributed by atoms with Gasteiger partial charge in [0, 0.05) is 29.5 Å². The van der Waals surface area contributed by atoms with Crippen LogP contribution in [0.25, 0.3) is 16.7 Å². The Morgan fingerprint density at radius 2 is 1.94 bits per heavy atom. The molecule has 0 saturated heterocycles. The number of ether oxygens (including phenoxy) is 1. The number of carbonyl (C=O) groups is 1. The fraction of sp³-hybridized carbons (Fsp3) is 0.304. The highest BCUT2D eigenvalue weighted by molar-refractivity contribution is 7.92. The summed E-state index contributed by atoms with van der Waals surface area (Å²) in [5, 5.41) is 3.54. The average molecular weight is 525 g/mol. The van der Waals surface area contributed by atoms with E-state index in [1.807, 2.05) is 0 Å². The maximum atomic E-state index is 15.5. The number of benzene rings is 2. The highest BCUT2D eigenvalue weighted by Gasteiger charge is 2.33. The van der Waals surface area contributed by atoms with Crippen LogP contribution in [0.2, 0.25) is 0 Å². The van der Waals surface area contributed by atoms with Gasteiger partial charge in [-0.25, -0.2) is 17.6 Å². The molecule has 0 unspecified atom stereocenters. The Morgan fingerprint density at radius 1 is 1.22 bits per heavy atom. The number of nitrogens with one attached hydrogen (secondary N) is 2. The molecule has 13 heteroatoms. The summed E-state index contributed by atoms with van der Waals surface area (Å²) in [4.78, 5) is 26.3. The molecular weight excluding hydrogens is 501 g/mol. The molecule has 0 radical (unpaired) electrons. The van der Waals surface area contributed by atoms with Gasteiger partial charge in [0.2, 0.25) is 10.0 Å². The summed E-state index contributed by atoms with van der Waals surface area (Å²) in [5.74, 6) is -1.89. The summed E-state index contributed by atoms with van der Waals surface area (Å²) in [6.07, 6.45) is 1.55. The molecule has 36 heavy (non-hydrogen) atoms. The fourth-order valence-corrected chi connectivity index (χ4v) is 5.34. The largest absolute Gasteiger partial charge is 0.435 e. The lowest BCUT2D eigenvalue weighted by atomic mass is 10.1. The number of sulfonamides is 1. The summed E-state index contributed by atoms with van der Waals surface area (Å²) in [6, 6.07) is 7.08. The number of rotatable bonds is 6. The maximum Gasteiger partial charge on any atom is 0.387 e. The number of amides is 1. The number of alkyl halides is 2. The number of halogens is 3. The van der Waals surface area contributed by atoms with Crippen molar-refractivity contribution in [3.8, 4) is 11.4 Å². The van der Waals surface area contributed by atoms with Crippen LogP contribution in [0.15, 0.2) is 52.7 Å². The second-order valence-electron chi connectivity index (χ2n) is 8.79. The molecule has 2 heterocycles. The number of carbonyl (C=O) groups excluding carboxylic acids is 1. The molecule has 0 bridgehead atoms. The molecule has 1 aliphatic rings. The Bertz CT molecular complexity index is 1550. The number of nitrogens with zero attached hydrogens (tertiary/aromatic N) is 2. The van der Waals surface area contributed by atoms with Gasteiger partial charge in [0.1, 0.15) is 22.7 Å². The van der Waals surface area contributed by atoms with Crippen molar-refractivity contribution in [2.45, 2.75) is 45.5 Å². The zero-order chi connectivity index (χ0) is 26.4. The fourth-order valence-electron chi connectivity index (χ4n) is 4.16. The van der Waals surface area contributed by atoms with Crippen LogP contribution in [-0.2, 0) is 10.0 Å². The molecule has 1 amide bonds. The zero-order valence-corrected chi connectivity index (χ0v) is 20.3. The molecule has 192 valence electrons. The van der Waals surface area contributed by atoms with Gasteiger partial charge in [0.25, 0.3) is 5.91 Å². The molecule has 0 aliphatic carbocycles. The van der Waals surface area contributed by atoms with Crippen molar-refractivity contribution >= 4 is 27.0 Å². The predicted octanol–water partition coefficient (Wildman–Crippen LogP) is 3.40. The van der Waals surface area contributed by atoms with E-state index in [0.717, 1.165) is 16.0 Å². The Hall–Kier alpha value is -3.58. The Balaban J connectivity index is 1.83. The van der Waals surface area contributed by atoms with E-state index in [0.29, 0.717) is 0 Å². The van der Waals surface area contributed by atoms with E-state index >= 15 is 4.39 Å². The lowest BCUT2D eigenvalue weighted by Crippen LogP contribution is -2.59. The van der Waals surface area contributed by atoms with Crippen LogP contribution in [0.3, 0.4) is 0 Å². The smallest absolute Gasteiger partial charge is 0.387 e. The highest BCUT2D eigenvalue weighted by atomic mass is 32.2. The molecule has 1 aromatic heterocycles. The van der Waals surface area contributed by atoms with Crippen LogP contribution in [-0.4, -0.2) is 35.7 Å². The number of hydrogen-bond donors (Lipinski definition) is 2. The Kier molecular flexibility index (Phi) is 6.47. The normalized spacial score (nSPS) is 19.2. The van der Waals surface area contributed by atoms with Gasteiger partial charge in [0.05, 0.1) is 11.2 Å². The van der Waals surface area contributed by atoms with Gasteiger partial charge in [-0.05, 0) is 45.0 Å². The average Bonchev–Trinajstić information content (AvgIpc) is 3.04. The molecule has 9 nitrogen and oxygen atoms in total. The van der Waals surface area contributed by atoms with Crippen LogP contribution >= 0.6 is 0 Å². The molecular formula is C23H23F3N4O5S. The second-order valence-corrected chi connectivity index (χ2v) is 10.4. The summed E-state index contributed by atoms with van der Waals surface area (Å²) in [5.41, 5.74) is -2.11. The van der Waals surface area contributed by atoms with Crippen molar-refractivity contribution in [1.82, 2.24) is 19.2 Å². The Morgan fingerprint density at radius 3 is 2.58 bits per heavy atom. The quantitative estimate of drug-likeness (QED) is 0.514. The first kappa shape index (κ1) is 25.5. The van der Waals surface area contributed by atoms with E-state index in [2.05, 4.69) is 14.8 Å². The van der Waals surface area contributed by atoms with Gasteiger partial charge in [-0.1, -0.05) is 12.1 Å². The molecule has 2 N–H and O–H groups in total. The second kappa shape index (κ2) is 9.13. The molecule has 3 aromatic rings. The van der Waals surface area contributed by atoms with Crippen molar-refractivity contribution < 1.29 is 31.1 Å².